The van der Waals surface area contributed by atoms with Crippen LogP contribution in [0.4, 0.5) is 0 Å². The number of morpholine rings is 1. The van der Waals surface area contributed by atoms with Crippen LogP contribution in [0.3, 0.4) is 0 Å². The highest BCUT2D eigenvalue weighted by Crippen LogP contribution is 2.31. The van der Waals surface area contributed by atoms with Crippen molar-refractivity contribution in [2.75, 3.05) is 19.6 Å². The maximum atomic E-state index is 6.14. The van der Waals surface area contributed by atoms with E-state index in [0.29, 0.717) is 6.54 Å². The zero-order valence-electron chi connectivity index (χ0n) is 14.4. The van der Waals surface area contributed by atoms with E-state index in [1.165, 1.54) is 22.3 Å². The Morgan fingerprint density at radius 1 is 1.24 bits per heavy atom. The van der Waals surface area contributed by atoms with Gasteiger partial charge in [0.05, 0.1) is 11.7 Å². The topological polar surface area (TPSA) is 38.5 Å². The lowest BCUT2D eigenvalue weighted by Crippen LogP contribution is -2.54. The summed E-state index contributed by atoms with van der Waals surface area (Å²) in [7, 11) is 0. The third-order valence-corrected chi connectivity index (χ3v) is 4.50. The van der Waals surface area contributed by atoms with E-state index < -0.39 is 0 Å². The first kappa shape index (κ1) is 16.5. The molecule has 1 aliphatic heterocycles. The average Bonchev–Trinajstić information content (AvgIpc) is 2.34. The van der Waals surface area contributed by atoms with E-state index in [4.69, 9.17) is 10.5 Å². The van der Waals surface area contributed by atoms with Crippen LogP contribution in [0.25, 0.3) is 0 Å². The Hall–Kier alpha value is -0.900. The van der Waals surface area contributed by atoms with Gasteiger partial charge in [-0.05, 0) is 63.8 Å². The number of rotatable bonds is 3. The maximum Gasteiger partial charge on any atom is 0.0757 e. The molecular weight excluding hydrogens is 260 g/mol. The molecule has 118 valence electrons. The molecule has 3 nitrogen and oxygen atoms in total. The number of hydrogen-bond acceptors (Lipinski definition) is 3. The van der Waals surface area contributed by atoms with Crippen molar-refractivity contribution in [3.05, 3.63) is 34.4 Å². The van der Waals surface area contributed by atoms with Crippen LogP contribution in [-0.2, 0) is 4.74 Å². The SMILES string of the molecule is Cc1cc(C)c(C(CN)N2CC(C)OC(C)(C)C2)cc1C. The first-order chi connectivity index (χ1) is 9.73. The Balaban J connectivity index is 2.33. The minimum Gasteiger partial charge on any atom is -0.370 e. The van der Waals surface area contributed by atoms with Crippen molar-refractivity contribution in [2.24, 2.45) is 5.73 Å². The van der Waals surface area contributed by atoms with Crippen molar-refractivity contribution < 1.29 is 4.74 Å². The molecule has 21 heavy (non-hydrogen) atoms. The first-order valence-electron chi connectivity index (χ1n) is 7.93. The summed E-state index contributed by atoms with van der Waals surface area (Å²) < 4.78 is 6.03. The summed E-state index contributed by atoms with van der Waals surface area (Å²) in [5.74, 6) is 0. The lowest BCUT2D eigenvalue weighted by atomic mass is 9.93. The highest BCUT2D eigenvalue weighted by atomic mass is 16.5. The molecule has 0 bridgehead atoms. The fourth-order valence-corrected chi connectivity index (χ4v) is 3.56. The molecular formula is C18H30N2O. The lowest BCUT2D eigenvalue weighted by Gasteiger charge is -2.45. The maximum absolute atomic E-state index is 6.14. The smallest absolute Gasteiger partial charge is 0.0757 e. The minimum absolute atomic E-state index is 0.112. The second-order valence-corrected chi connectivity index (χ2v) is 7.16. The highest BCUT2D eigenvalue weighted by Gasteiger charge is 2.35. The number of benzene rings is 1. The third kappa shape index (κ3) is 3.65. The summed E-state index contributed by atoms with van der Waals surface area (Å²) in [5.41, 5.74) is 11.4. The first-order valence-corrected chi connectivity index (χ1v) is 7.93. The van der Waals surface area contributed by atoms with Crippen LogP contribution < -0.4 is 5.73 Å². The highest BCUT2D eigenvalue weighted by molar-refractivity contribution is 5.38. The van der Waals surface area contributed by atoms with Crippen molar-refractivity contribution in [2.45, 2.75) is 59.3 Å². The summed E-state index contributed by atoms with van der Waals surface area (Å²) in [5, 5.41) is 0. The monoisotopic (exact) mass is 290 g/mol. The van der Waals surface area contributed by atoms with Crippen molar-refractivity contribution >= 4 is 0 Å². The van der Waals surface area contributed by atoms with Crippen LogP contribution in [0.5, 0.6) is 0 Å². The fourth-order valence-electron chi connectivity index (χ4n) is 3.56. The van der Waals surface area contributed by atoms with Crippen LogP contribution in [0.1, 0.15) is 49.1 Å². The quantitative estimate of drug-likeness (QED) is 0.929. The van der Waals surface area contributed by atoms with Gasteiger partial charge in [-0.25, -0.2) is 0 Å². The molecule has 3 heteroatoms. The summed E-state index contributed by atoms with van der Waals surface area (Å²) in [6.45, 7) is 15.5. The molecule has 0 amide bonds. The Morgan fingerprint density at radius 3 is 2.43 bits per heavy atom. The number of nitrogens with zero attached hydrogens (tertiary/aromatic N) is 1. The van der Waals surface area contributed by atoms with Gasteiger partial charge >= 0.3 is 0 Å². The van der Waals surface area contributed by atoms with Gasteiger partial charge in [-0.15, -0.1) is 0 Å². The summed E-state index contributed by atoms with van der Waals surface area (Å²) >= 11 is 0. The zero-order chi connectivity index (χ0) is 15.8. The molecule has 2 rings (SSSR count). The summed E-state index contributed by atoms with van der Waals surface area (Å²) in [6, 6.07) is 4.87. The van der Waals surface area contributed by atoms with Gasteiger partial charge in [-0.1, -0.05) is 12.1 Å². The average molecular weight is 290 g/mol. The molecule has 1 fully saturated rings. The summed E-state index contributed by atoms with van der Waals surface area (Å²) in [6.07, 6.45) is 0.245. The van der Waals surface area contributed by atoms with E-state index in [1.54, 1.807) is 0 Å². The van der Waals surface area contributed by atoms with Crippen molar-refractivity contribution in [1.29, 1.82) is 0 Å². The minimum atomic E-state index is -0.112. The largest absolute Gasteiger partial charge is 0.370 e. The second-order valence-electron chi connectivity index (χ2n) is 7.16. The Morgan fingerprint density at radius 2 is 1.86 bits per heavy atom. The molecule has 0 aromatic heterocycles. The Labute approximate surface area is 129 Å². The van der Waals surface area contributed by atoms with Crippen molar-refractivity contribution in [3.8, 4) is 0 Å². The van der Waals surface area contributed by atoms with E-state index >= 15 is 0 Å². The number of ether oxygens (including phenoxy) is 1. The van der Waals surface area contributed by atoms with Gasteiger partial charge in [0.1, 0.15) is 0 Å². The van der Waals surface area contributed by atoms with E-state index in [9.17, 15) is 0 Å². The van der Waals surface area contributed by atoms with Crippen LogP contribution >= 0.6 is 0 Å². The van der Waals surface area contributed by atoms with Gasteiger partial charge in [0.25, 0.3) is 0 Å². The van der Waals surface area contributed by atoms with Crippen LogP contribution in [0.15, 0.2) is 12.1 Å². The van der Waals surface area contributed by atoms with E-state index in [2.05, 4.69) is 58.6 Å². The molecule has 1 aliphatic rings. The normalized spacial score (nSPS) is 24.0. The molecule has 0 aliphatic carbocycles. The Bertz CT molecular complexity index is 510. The molecule has 1 aromatic carbocycles. The lowest BCUT2D eigenvalue weighted by molar-refractivity contribution is -0.137. The van der Waals surface area contributed by atoms with E-state index in [1.807, 2.05) is 0 Å². The Kier molecular flexibility index (Phi) is 4.76. The predicted molar refractivity (Wildman–Crippen MR) is 88.6 cm³/mol. The molecule has 0 radical (unpaired) electrons. The van der Waals surface area contributed by atoms with Crippen LogP contribution in [-0.4, -0.2) is 36.2 Å². The zero-order valence-corrected chi connectivity index (χ0v) is 14.4. The van der Waals surface area contributed by atoms with E-state index in [0.717, 1.165) is 13.1 Å². The number of hydrogen-bond donors (Lipinski definition) is 1. The molecule has 1 aromatic rings. The van der Waals surface area contributed by atoms with Gasteiger partial charge in [0.2, 0.25) is 0 Å². The fraction of sp³-hybridized carbons (Fsp3) is 0.667. The number of nitrogens with two attached hydrogens (primary N) is 1. The van der Waals surface area contributed by atoms with Gasteiger partial charge in [0.15, 0.2) is 0 Å². The van der Waals surface area contributed by atoms with Gasteiger partial charge < -0.3 is 10.5 Å². The van der Waals surface area contributed by atoms with Gasteiger partial charge in [-0.2, -0.15) is 0 Å². The molecule has 0 saturated carbocycles. The van der Waals surface area contributed by atoms with Crippen molar-refractivity contribution in [1.82, 2.24) is 4.90 Å². The molecule has 1 heterocycles. The predicted octanol–water partition coefficient (Wildman–Crippen LogP) is 3.11. The molecule has 2 unspecified atom stereocenters. The molecule has 2 N–H and O–H groups in total. The molecule has 0 spiro atoms. The van der Waals surface area contributed by atoms with Gasteiger partial charge in [0, 0.05) is 25.7 Å². The van der Waals surface area contributed by atoms with E-state index in [-0.39, 0.29) is 17.7 Å². The standard InChI is InChI=1S/C18H30N2O/c1-12-7-14(3)16(8-13(12)2)17(9-19)20-10-15(4)21-18(5,6)11-20/h7-8,15,17H,9-11,19H2,1-6H3. The molecule has 1 saturated heterocycles. The summed E-state index contributed by atoms with van der Waals surface area (Å²) in [4.78, 5) is 2.49. The molecule has 2 atom stereocenters. The third-order valence-electron chi connectivity index (χ3n) is 4.50. The van der Waals surface area contributed by atoms with Crippen molar-refractivity contribution in [3.63, 3.8) is 0 Å². The number of aryl methyl sites for hydroxylation is 3. The van der Waals surface area contributed by atoms with Crippen LogP contribution in [0.2, 0.25) is 0 Å². The second kappa shape index (κ2) is 6.07. The van der Waals surface area contributed by atoms with Gasteiger partial charge in [-0.3, -0.25) is 4.90 Å². The van der Waals surface area contributed by atoms with Crippen LogP contribution in [0, 0.1) is 20.8 Å².